The van der Waals surface area contributed by atoms with Gasteiger partial charge in [0, 0.05) is 0 Å². The van der Waals surface area contributed by atoms with Gasteiger partial charge in [0.15, 0.2) is 11.0 Å². The molecule has 0 saturated heterocycles. The third-order valence-electron chi connectivity index (χ3n) is 2.80. The van der Waals surface area contributed by atoms with Crippen molar-refractivity contribution < 1.29 is 4.57 Å². The van der Waals surface area contributed by atoms with Gasteiger partial charge in [-0.2, -0.15) is 0 Å². The van der Waals surface area contributed by atoms with Crippen LogP contribution in [-0.2, 0) is 7.05 Å². The van der Waals surface area contributed by atoms with Gasteiger partial charge in [-0.3, -0.25) is 5.84 Å². The first kappa shape index (κ1) is 8.29. The van der Waals surface area contributed by atoms with Crippen LogP contribution < -0.4 is 10.4 Å². The lowest BCUT2D eigenvalue weighted by Crippen LogP contribution is -2.26. The molecule has 0 aliphatic carbocycles. The van der Waals surface area contributed by atoms with Crippen molar-refractivity contribution >= 4 is 21.8 Å². The first-order chi connectivity index (χ1) is 7.25. The fourth-order valence-corrected chi connectivity index (χ4v) is 2.02. The van der Waals surface area contributed by atoms with E-state index >= 15 is 0 Å². The standard InChI is InChI=1S/C12H12N3/c1-14-8-15(13)12-7-10-5-3-2-4-9(10)6-11(12)14/h2-8H,13H2,1H3/q+1. The molecule has 3 heteroatoms. The van der Waals surface area contributed by atoms with Gasteiger partial charge in [-0.25, -0.2) is 4.57 Å². The van der Waals surface area contributed by atoms with E-state index in [0.29, 0.717) is 0 Å². The summed E-state index contributed by atoms with van der Waals surface area (Å²) in [6.45, 7) is 0. The van der Waals surface area contributed by atoms with Crippen LogP contribution in [0, 0.1) is 0 Å². The second kappa shape index (κ2) is 2.73. The quantitative estimate of drug-likeness (QED) is 0.429. The zero-order chi connectivity index (χ0) is 10.4. The minimum absolute atomic E-state index is 1.05. The maximum atomic E-state index is 5.86. The topological polar surface area (TPSA) is 34.8 Å². The molecule has 15 heavy (non-hydrogen) atoms. The summed E-state index contributed by atoms with van der Waals surface area (Å²) in [6, 6.07) is 12.6. The molecular formula is C12H12N3+. The van der Waals surface area contributed by atoms with Crippen LogP contribution in [0.4, 0.5) is 0 Å². The van der Waals surface area contributed by atoms with Crippen LogP contribution in [0.5, 0.6) is 0 Å². The number of aromatic nitrogens is 2. The highest BCUT2D eigenvalue weighted by atomic mass is 15.3. The summed E-state index contributed by atoms with van der Waals surface area (Å²) in [4.78, 5) is 0. The molecule has 0 saturated carbocycles. The predicted molar refractivity (Wildman–Crippen MR) is 60.8 cm³/mol. The number of hydrogen-bond donors (Lipinski definition) is 1. The Bertz CT molecular complexity index is 597. The molecule has 2 aromatic carbocycles. The van der Waals surface area contributed by atoms with Crippen LogP contribution in [0.3, 0.4) is 0 Å². The minimum atomic E-state index is 1.05. The van der Waals surface area contributed by atoms with Crippen molar-refractivity contribution in [2.75, 3.05) is 5.84 Å². The van der Waals surface area contributed by atoms with Gasteiger partial charge in [0.05, 0.1) is 7.05 Å². The molecule has 0 spiro atoms. The molecule has 0 fully saturated rings. The normalized spacial score (nSPS) is 11.3. The van der Waals surface area contributed by atoms with E-state index < -0.39 is 0 Å². The molecule has 3 nitrogen and oxygen atoms in total. The van der Waals surface area contributed by atoms with E-state index in [9.17, 15) is 0 Å². The molecule has 0 aliphatic rings. The number of nitrogen functional groups attached to an aromatic ring is 1. The van der Waals surface area contributed by atoms with Gasteiger partial charge in [-0.15, -0.1) is 4.68 Å². The minimum Gasteiger partial charge on any atom is -0.269 e. The third kappa shape index (κ3) is 1.09. The van der Waals surface area contributed by atoms with E-state index in [2.05, 4.69) is 24.3 Å². The highest BCUT2D eigenvalue weighted by Gasteiger charge is 2.11. The van der Waals surface area contributed by atoms with E-state index in [1.807, 2.05) is 30.1 Å². The summed E-state index contributed by atoms with van der Waals surface area (Å²) in [5, 5.41) is 2.46. The highest BCUT2D eigenvalue weighted by Crippen LogP contribution is 2.19. The van der Waals surface area contributed by atoms with Crippen molar-refractivity contribution in [1.29, 1.82) is 0 Å². The summed E-state index contributed by atoms with van der Waals surface area (Å²) >= 11 is 0. The summed E-state index contributed by atoms with van der Waals surface area (Å²) in [5.41, 5.74) is 2.20. The summed E-state index contributed by atoms with van der Waals surface area (Å²) in [6.07, 6.45) is 1.88. The Morgan fingerprint density at radius 1 is 1.13 bits per heavy atom. The molecule has 74 valence electrons. The average molecular weight is 198 g/mol. The van der Waals surface area contributed by atoms with Gasteiger partial charge >= 0.3 is 0 Å². The maximum absolute atomic E-state index is 5.86. The van der Waals surface area contributed by atoms with Crippen molar-refractivity contribution in [3.63, 3.8) is 0 Å². The molecule has 0 amide bonds. The number of nitrogens with zero attached hydrogens (tertiary/aromatic N) is 2. The van der Waals surface area contributed by atoms with Gasteiger partial charge in [-0.05, 0) is 22.9 Å². The van der Waals surface area contributed by atoms with Gasteiger partial charge in [-0.1, -0.05) is 24.3 Å². The number of fused-ring (bicyclic) bond motifs is 2. The number of benzene rings is 2. The molecule has 1 aromatic heterocycles. The van der Waals surface area contributed by atoms with Crippen LogP contribution in [-0.4, -0.2) is 4.68 Å². The van der Waals surface area contributed by atoms with Crippen molar-refractivity contribution in [3.8, 4) is 0 Å². The largest absolute Gasteiger partial charge is 0.269 e. The van der Waals surface area contributed by atoms with Crippen LogP contribution in [0.2, 0.25) is 0 Å². The number of imidazole rings is 1. The van der Waals surface area contributed by atoms with Crippen LogP contribution >= 0.6 is 0 Å². The molecule has 0 radical (unpaired) electrons. The fraction of sp³-hybridized carbons (Fsp3) is 0.0833. The fourth-order valence-electron chi connectivity index (χ4n) is 2.02. The molecule has 0 atom stereocenters. The molecule has 0 aliphatic heterocycles. The van der Waals surface area contributed by atoms with E-state index in [0.717, 1.165) is 11.0 Å². The van der Waals surface area contributed by atoms with Crippen molar-refractivity contribution in [1.82, 2.24) is 4.68 Å². The van der Waals surface area contributed by atoms with Crippen molar-refractivity contribution in [2.24, 2.45) is 7.05 Å². The monoisotopic (exact) mass is 198 g/mol. The lowest BCUT2D eigenvalue weighted by molar-refractivity contribution is -0.645. The Labute approximate surface area is 87.3 Å². The molecule has 3 aromatic rings. The molecule has 1 heterocycles. The van der Waals surface area contributed by atoms with E-state index in [1.54, 1.807) is 4.68 Å². The Morgan fingerprint density at radius 3 is 2.53 bits per heavy atom. The van der Waals surface area contributed by atoms with E-state index in [-0.39, 0.29) is 0 Å². The molecule has 0 unspecified atom stereocenters. The maximum Gasteiger partial charge on any atom is 0.267 e. The molecule has 3 rings (SSSR count). The number of aryl methyl sites for hydroxylation is 1. The van der Waals surface area contributed by atoms with Gasteiger partial charge in [0.1, 0.15) is 0 Å². The smallest absolute Gasteiger partial charge is 0.267 e. The lowest BCUT2D eigenvalue weighted by Gasteiger charge is -1.95. The summed E-state index contributed by atoms with van der Waals surface area (Å²) in [7, 11) is 2.00. The second-order valence-electron chi connectivity index (χ2n) is 3.82. The lowest BCUT2D eigenvalue weighted by atomic mass is 10.1. The van der Waals surface area contributed by atoms with Crippen molar-refractivity contribution in [2.45, 2.75) is 0 Å². The molecule has 2 N–H and O–H groups in total. The first-order valence-corrected chi connectivity index (χ1v) is 4.90. The Hall–Kier alpha value is -2.03. The Balaban J connectivity index is 2.55. The van der Waals surface area contributed by atoms with Crippen LogP contribution in [0.15, 0.2) is 42.7 Å². The number of rotatable bonds is 0. The number of hydrogen-bond acceptors (Lipinski definition) is 1. The van der Waals surface area contributed by atoms with Crippen molar-refractivity contribution in [3.05, 3.63) is 42.7 Å². The molecular weight excluding hydrogens is 186 g/mol. The zero-order valence-corrected chi connectivity index (χ0v) is 8.51. The average Bonchev–Trinajstić information content (AvgIpc) is 2.52. The third-order valence-corrected chi connectivity index (χ3v) is 2.80. The SMILES string of the molecule is C[n+]1cn(N)c2cc3ccccc3cc21. The Morgan fingerprint density at radius 2 is 1.80 bits per heavy atom. The first-order valence-electron chi connectivity index (χ1n) is 4.90. The van der Waals surface area contributed by atoms with Gasteiger partial charge in [0.2, 0.25) is 0 Å². The summed E-state index contributed by atoms with van der Waals surface area (Å²) in [5.74, 6) is 5.86. The highest BCUT2D eigenvalue weighted by molar-refractivity contribution is 5.93. The van der Waals surface area contributed by atoms with Gasteiger partial charge < -0.3 is 0 Å². The van der Waals surface area contributed by atoms with Gasteiger partial charge in [0.25, 0.3) is 6.33 Å². The molecule has 0 bridgehead atoms. The summed E-state index contributed by atoms with van der Waals surface area (Å²) < 4.78 is 3.68. The number of nitrogens with two attached hydrogens (primary N) is 1. The predicted octanol–water partition coefficient (Wildman–Crippen LogP) is 1.33. The van der Waals surface area contributed by atoms with Crippen LogP contribution in [0.1, 0.15) is 0 Å². The second-order valence-corrected chi connectivity index (χ2v) is 3.82. The van der Waals surface area contributed by atoms with E-state index in [1.165, 1.54) is 10.8 Å². The van der Waals surface area contributed by atoms with Crippen LogP contribution in [0.25, 0.3) is 21.8 Å². The zero-order valence-electron chi connectivity index (χ0n) is 8.51. The van der Waals surface area contributed by atoms with E-state index in [4.69, 9.17) is 5.84 Å². The Kier molecular flexibility index (Phi) is 1.51.